The molecule has 3 N–H and O–H groups in total. The third kappa shape index (κ3) is 5.13. The summed E-state index contributed by atoms with van der Waals surface area (Å²) in [4.78, 5) is 22.5. The zero-order chi connectivity index (χ0) is 21.8. The molecule has 0 atom stereocenters. The normalized spacial score (nSPS) is 11.0. The maximum absolute atomic E-state index is 12.2. The Kier molecular flexibility index (Phi) is 7.02. The molecular formula is C20H18Cl2N2O5S. The van der Waals surface area contributed by atoms with Crippen LogP contribution in [0.15, 0.2) is 39.5 Å². The number of aromatic nitrogens is 1. The molecule has 7 nitrogen and oxygen atoms in total. The monoisotopic (exact) mass is 468 g/mol. The number of carboxylic acids is 1. The number of thiazole rings is 1. The highest BCUT2D eigenvalue weighted by Gasteiger charge is 2.21. The summed E-state index contributed by atoms with van der Waals surface area (Å²) in [5.41, 5.74) is 0.529. The van der Waals surface area contributed by atoms with E-state index in [2.05, 4.69) is 0 Å². The number of carboxylic acid groups (broad SMARTS) is 1. The van der Waals surface area contributed by atoms with Gasteiger partial charge >= 0.3 is 10.8 Å². The van der Waals surface area contributed by atoms with Gasteiger partial charge in [0.15, 0.2) is 5.76 Å². The number of halogens is 2. The average Bonchev–Trinajstić information content (AvgIpc) is 3.26. The van der Waals surface area contributed by atoms with Gasteiger partial charge in [-0.05, 0) is 43.2 Å². The second-order valence-electron chi connectivity index (χ2n) is 6.57. The average molecular weight is 469 g/mol. The van der Waals surface area contributed by atoms with Gasteiger partial charge in [0.1, 0.15) is 16.3 Å². The standard InChI is InChI=1S/C20H18Cl2N2O5S/c21-12-8-11(9-13(22)10-12)14-5-6-15(29-14)17(23)18-19(27)24(20(28)30-18)7-3-1-2-4-16(25)26/h5-6,8-10,23,27H,1-4,7H2,(H,25,26). The molecule has 0 amide bonds. The maximum Gasteiger partial charge on any atom is 0.310 e. The molecule has 0 radical (unpaired) electrons. The van der Waals surface area contributed by atoms with Crippen LogP contribution in [0.3, 0.4) is 0 Å². The van der Waals surface area contributed by atoms with E-state index in [1.165, 1.54) is 4.57 Å². The van der Waals surface area contributed by atoms with E-state index in [0.29, 0.717) is 40.6 Å². The highest BCUT2D eigenvalue weighted by molar-refractivity contribution is 7.12. The van der Waals surface area contributed by atoms with Gasteiger partial charge in [-0.3, -0.25) is 19.6 Å². The molecule has 1 aromatic carbocycles. The van der Waals surface area contributed by atoms with Crippen LogP contribution >= 0.6 is 34.5 Å². The summed E-state index contributed by atoms with van der Waals surface area (Å²) in [6.45, 7) is 0.248. The summed E-state index contributed by atoms with van der Waals surface area (Å²) in [5, 5.41) is 28.3. The van der Waals surface area contributed by atoms with E-state index < -0.39 is 5.97 Å². The Hall–Kier alpha value is -2.55. The van der Waals surface area contributed by atoms with Crippen LogP contribution in [0.25, 0.3) is 11.3 Å². The molecule has 2 aromatic heterocycles. The zero-order valence-corrected chi connectivity index (χ0v) is 18.0. The molecule has 10 heteroatoms. The number of hydrogen-bond donors (Lipinski definition) is 3. The summed E-state index contributed by atoms with van der Waals surface area (Å²) in [6.07, 6.45) is 1.73. The quantitative estimate of drug-likeness (QED) is 0.293. The Morgan fingerprint density at radius 3 is 2.50 bits per heavy atom. The lowest BCUT2D eigenvalue weighted by Gasteiger charge is -2.04. The first-order valence-electron chi connectivity index (χ1n) is 9.06. The molecule has 0 saturated heterocycles. The fraction of sp³-hybridized carbons (Fsp3) is 0.250. The molecule has 0 bridgehead atoms. The van der Waals surface area contributed by atoms with Gasteiger partial charge in [0, 0.05) is 28.6 Å². The molecule has 3 rings (SSSR count). The Morgan fingerprint density at radius 2 is 1.83 bits per heavy atom. The summed E-state index contributed by atoms with van der Waals surface area (Å²) in [6, 6.07) is 8.18. The number of carbonyl (C=O) groups is 1. The van der Waals surface area contributed by atoms with Crippen molar-refractivity contribution in [1.29, 1.82) is 5.41 Å². The Morgan fingerprint density at radius 1 is 1.13 bits per heavy atom. The number of nitrogens with one attached hydrogen (secondary N) is 1. The van der Waals surface area contributed by atoms with E-state index in [0.717, 1.165) is 11.3 Å². The lowest BCUT2D eigenvalue weighted by molar-refractivity contribution is -0.137. The van der Waals surface area contributed by atoms with Crippen LogP contribution in [0, 0.1) is 5.41 Å². The highest BCUT2D eigenvalue weighted by atomic mass is 35.5. The summed E-state index contributed by atoms with van der Waals surface area (Å²) in [5.74, 6) is -0.522. The minimum absolute atomic E-state index is 0.0685. The fourth-order valence-corrected chi connectivity index (χ4v) is 4.31. The van der Waals surface area contributed by atoms with E-state index in [1.807, 2.05) is 0 Å². The van der Waals surface area contributed by atoms with Crippen molar-refractivity contribution in [2.24, 2.45) is 0 Å². The first-order valence-corrected chi connectivity index (χ1v) is 10.6. The molecule has 158 valence electrons. The number of aliphatic carboxylic acids is 1. The van der Waals surface area contributed by atoms with Crippen molar-refractivity contribution in [1.82, 2.24) is 4.57 Å². The van der Waals surface area contributed by atoms with Crippen molar-refractivity contribution in [2.75, 3.05) is 0 Å². The first-order chi connectivity index (χ1) is 14.3. The molecule has 30 heavy (non-hydrogen) atoms. The van der Waals surface area contributed by atoms with Gasteiger partial charge in [0.2, 0.25) is 5.88 Å². The Labute approximate surface area is 185 Å². The van der Waals surface area contributed by atoms with Crippen molar-refractivity contribution in [2.45, 2.75) is 32.2 Å². The number of benzene rings is 1. The van der Waals surface area contributed by atoms with Gasteiger partial charge in [-0.25, -0.2) is 0 Å². The molecular weight excluding hydrogens is 451 g/mol. The molecule has 2 heterocycles. The second-order valence-corrected chi connectivity index (χ2v) is 8.41. The largest absolute Gasteiger partial charge is 0.493 e. The predicted octanol–water partition coefficient (Wildman–Crippen LogP) is 5.24. The molecule has 0 aliphatic rings. The molecule has 3 aromatic rings. The lowest BCUT2D eigenvalue weighted by atomic mass is 10.2. The van der Waals surface area contributed by atoms with Crippen LogP contribution < -0.4 is 4.87 Å². The zero-order valence-electron chi connectivity index (χ0n) is 15.7. The van der Waals surface area contributed by atoms with Gasteiger partial charge in [-0.2, -0.15) is 0 Å². The van der Waals surface area contributed by atoms with Crippen molar-refractivity contribution < 1.29 is 19.4 Å². The third-order valence-corrected chi connectivity index (χ3v) is 5.79. The molecule has 0 aliphatic carbocycles. The number of aromatic hydroxyl groups is 1. The topological polar surface area (TPSA) is 117 Å². The number of hydrogen-bond acceptors (Lipinski definition) is 6. The molecule has 0 saturated carbocycles. The third-order valence-electron chi connectivity index (χ3n) is 4.37. The van der Waals surface area contributed by atoms with Crippen LogP contribution in [0.1, 0.15) is 36.3 Å². The van der Waals surface area contributed by atoms with E-state index in [1.54, 1.807) is 30.3 Å². The van der Waals surface area contributed by atoms with E-state index in [-0.39, 0.29) is 40.1 Å². The van der Waals surface area contributed by atoms with Crippen LogP contribution in [0.2, 0.25) is 10.0 Å². The van der Waals surface area contributed by atoms with E-state index in [4.69, 9.17) is 38.1 Å². The van der Waals surface area contributed by atoms with Gasteiger partial charge in [0.05, 0.1) is 0 Å². The van der Waals surface area contributed by atoms with Gasteiger partial charge in [0.25, 0.3) is 0 Å². The summed E-state index contributed by atoms with van der Waals surface area (Å²) in [7, 11) is 0. The van der Waals surface area contributed by atoms with Crippen LogP contribution in [0.4, 0.5) is 0 Å². The molecule has 0 unspecified atom stereocenters. The van der Waals surface area contributed by atoms with Crippen molar-refractivity contribution in [3.8, 4) is 17.2 Å². The summed E-state index contributed by atoms with van der Waals surface area (Å²) < 4.78 is 6.91. The maximum atomic E-state index is 12.2. The Balaban J connectivity index is 1.75. The predicted molar refractivity (Wildman–Crippen MR) is 116 cm³/mol. The fourth-order valence-electron chi connectivity index (χ4n) is 2.92. The number of unbranched alkanes of at least 4 members (excludes halogenated alkanes) is 2. The van der Waals surface area contributed by atoms with Gasteiger partial charge in [-0.1, -0.05) is 41.0 Å². The lowest BCUT2D eigenvalue weighted by Crippen LogP contribution is -2.12. The molecule has 0 aliphatic heterocycles. The smallest absolute Gasteiger partial charge is 0.310 e. The van der Waals surface area contributed by atoms with Gasteiger partial charge < -0.3 is 14.6 Å². The number of rotatable bonds is 9. The van der Waals surface area contributed by atoms with Crippen molar-refractivity contribution in [3.63, 3.8) is 0 Å². The Bertz CT molecular complexity index is 1130. The van der Waals surface area contributed by atoms with Gasteiger partial charge in [-0.15, -0.1) is 0 Å². The van der Waals surface area contributed by atoms with Crippen molar-refractivity contribution in [3.05, 3.63) is 60.7 Å². The van der Waals surface area contributed by atoms with Crippen LogP contribution in [0.5, 0.6) is 5.88 Å². The van der Waals surface area contributed by atoms with E-state index in [9.17, 15) is 14.7 Å². The minimum atomic E-state index is -0.862. The van der Waals surface area contributed by atoms with Crippen molar-refractivity contribution >= 4 is 46.2 Å². The minimum Gasteiger partial charge on any atom is -0.493 e. The SMILES string of the molecule is N=C(c1ccc(-c2cc(Cl)cc(Cl)c2)o1)c1sc(=O)n(CCCCCC(=O)O)c1O. The van der Waals surface area contributed by atoms with Crippen LogP contribution in [-0.2, 0) is 11.3 Å². The number of nitrogens with zero attached hydrogens (tertiary/aromatic N) is 1. The molecule has 0 spiro atoms. The van der Waals surface area contributed by atoms with Crippen LogP contribution in [-0.4, -0.2) is 26.5 Å². The summed E-state index contributed by atoms with van der Waals surface area (Å²) >= 11 is 12.8. The van der Waals surface area contributed by atoms with E-state index >= 15 is 0 Å². The number of furan rings is 1. The second kappa shape index (κ2) is 9.51. The first kappa shape index (κ1) is 22.1. The highest BCUT2D eigenvalue weighted by Crippen LogP contribution is 2.31. The molecule has 0 fully saturated rings.